The summed E-state index contributed by atoms with van der Waals surface area (Å²) in [4.78, 5) is 4.17. The van der Waals surface area contributed by atoms with Gasteiger partial charge in [0.25, 0.3) is 0 Å². The number of aliphatic hydroxyl groups excluding tert-OH is 1. The van der Waals surface area contributed by atoms with Gasteiger partial charge in [-0.25, -0.2) is 9.37 Å². The molecule has 1 aromatic carbocycles. The van der Waals surface area contributed by atoms with Crippen molar-refractivity contribution >= 4 is 0 Å². The van der Waals surface area contributed by atoms with Gasteiger partial charge in [-0.1, -0.05) is 11.8 Å². The Morgan fingerprint density at radius 3 is 3.00 bits per heavy atom. The highest BCUT2D eigenvalue weighted by molar-refractivity contribution is 5.40. The molecule has 20 heavy (non-hydrogen) atoms. The van der Waals surface area contributed by atoms with Gasteiger partial charge in [0.1, 0.15) is 12.4 Å². The summed E-state index contributed by atoms with van der Waals surface area (Å²) in [6.45, 7) is 0.103. The Hall–Kier alpha value is -2.32. The summed E-state index contributed by atoms with van der Waals surface area (Å²) in [6, 6.07) is 4.37. The summed E-state index contributed by atoms with van der Waals surface area (Å²) >= 11 is 0. The molecule has 0 aliphatic carbocycles. The van der Waals surface area contributed by atoms with Crippen LogP contribution in [0.4, 0.5) is 4.39 Å². The molecule has 0 aliphatic rings. The van der Waals surface area contributed by atoms with Crippen LogP contribution in [0.1, 0.15) is 11.4 Å². The van der Waals surface area contributed by atoms with Crippen LogP contribution in [0.5, 0.6) is 5.75 Å². The third-order valence-electron chi connectivity index (χ3n) is 2.75. The van der Waals surface area contributed by atoms with E-state index in [1.807, 2.05) is 17.8 Å². The fourth-order valence-corrected chi connectivity index (χ4v) is 1.72. The molecule has 0 saturated carbocycles. The van der Waals surface area contributed by atoms with Crippen molar-refractivity contribution in [3.63, 3.8) is 0 Å². The first-order valence-electron chi connectivity index (χ1n) is 6.19. The van der Waals surface area contributed by atoms with Gasteiger partial charge in [0.15, 0.2) is 11.6 Å². The molecule has 2 rings (SSSR count). The Bertz CT molecular complexity index is 641. The van der Waals surface area contributed by atoms with Crippen LogP contribution in [0, 0.1) is 17.7 Å². The zero-order valence-corrected chi connectivity index (χ0v) is 11.1. The largest absolute Gasteiger partial charge is 0.490 e. The lowest BCUT2D eigenvalue weighted by atomic mass is 10.2. The first-order valence-corrected chi connectivity index (χ1v) is 6.19. The molecule has 2 aromatic rings. The number of imidazole rings is 1. The van der Waals surface area contributed by atoms with E-state index in [0.29, 0.717) is 18.6 Å². The molecule has 0 atom stereocenters. The van der Waals surface area contributed by atoms with Gasteiger partial charge in [-0.3, -0.25) is 0 Å². The number of aryl methyl sites for hydroxylation is 1. The average Bonchev–Trinajstić information content (AvgIpc) is 2.85. The van der Waals surface area contributed by atoms with E-state index < -0.39 is 5.82 Å². The molecule has 0 spiro atoms. The molecule has 0 unspecified atom stereocenters. The maximum absolute atomic E-state index is 13.6. The smallest absolute Gasteiger partial charge is 0.165 e. The molecule has 0 bridgehead atoms. The summed E-state index contributed by atoms with van der Waals surface area (Å²) in [7, 11) is 1.90. The number of hydrogen-bond donors (Lipinski definition) is 1. The molecule has 0 amide bonds. The molecule has 1 heterocycles. The van der Waals surface area contributed by atoms with Crippen molar-refractivity contribution in [3.05, 3.63) is 47.8 Å². The van der Waals surface area contributed by atoms with E-state index in [2.05, 4.69) is 16.8 Å². The van der Waals surface area contributed by atoms with Gasteiger partial charge >= 0.3 is 0 Å². The summed E-state index contributed by atoms with van der Waals surface area (Å²) in [5.74, 6) is 5.83. The molecule has 0 saturated heterocycles. The van der Waals surface area contributed by atoms with Crippen LogP contribution in [0.3, 0.4) is 0 Å². The Kier molecular flexibility index (Phi) is 4.75. The predicted molar refractivity (Wildman–Crippen MR) is 72.8 cm³/mol. The van der Waals surface area contributed by atoms with E-state index in [-0.39, 0.29) is 12.4 Å². The van der Waals surface area contributed by atoms with E-state index in [1.54, 1.807) is 12.3 Å². The maximum Gasteiger partial charge on any atom is 0.165 e. The lowest BCUT2D eigenvalue weighted by molar-refractivity contribution is 0.301. The first kappa shape index (κ1) is 14.1. The zero-order valence-electron chi connectivity index (χ0n) is 11.1. The van der Waals surface area contributed by atoms with Crippen LogP contribution < -0.4 is 4.74 Å². The van der Waals surface area contributed by atoms with Gasteiger partial charge in [-0.05, 0) is 18.2 Å². The lowest BCUT2D eigenvalue weighted by Gasteiger charge is -2.07. The molecule has 0 fully saturated rings. The SMILES string of the molecule is Cn1ccnc1CCOc1cc(C#CCO)ccc1F. The van der Waals surface area contributed by atoms with Crippen molar-refractivity contribution in [2.45, 2.75) is 6.42 Å². The minimum absolute atomic E-state index is 0.156. The van der Waals surface area contributed by atoms with Crippen LogP contribution in [0.25, 0.3) is 0 Å². The van der Waals surface area contributed by atoms with Crippen molar-refractivity contribution in [1.29, 1.82) is 0 Å². The van der Waals surface area contributed by atoms with E-state index >= 15 is 0 Å². The van der Waals surface area contributed by atoms with Crippen molar-refractivity contribution in [2.75, 3.05) is 13.2 Å². The Labute approximate surface area is 116 Å². The highest BCUT2D eigenvalue weighted by Crippen LogP contribution is 2.18. The van der Waals surface area contributed by atoms with Crippen LogP contribution in [0.15, 0.2) is 30.6 Å². The van der Waals surface area contributed by atoms with Crippen LogP contribution in [-0.4, -0.2) is 27.9 Å². The summed E-state index contributed by atoms with van der Waals surface area (Å²) < 4.78 is 20.9. The fourth-order valence-electron chi connectivity index (χ4n) is 1.72. The van der Waals surface area contributed by atoms with Gasteiger partial charge < -0.3 is 14.4 Å². The monoisotopic (exact) mass is 274 g/mol. The number of hydrogen-bond acceptors (Lipinski definition) is 3. The zero-order chi connectivity index (χ0) is 14.4. The summed E-state index contributed by atoms with van der Waals surface area (Å²) in [6.07, 6.45) is 4.15. The van der Waals surface area contributed by atoms with Gasteiger partial charge in [-0.2, -0.15) is 0 Å². The lowest BCUT2D eigenvalue weighted by Crippen LogP contribution is -2.07. The Morgan fingerprint density at radius 2 is 2.30 bits per heavy atom. The second-order valence-corrected chi connectivity index (χ2v) is 4.16. The van der Waals surface area contributed by atoms with Crippen molar-refractivity contribution in [3.8, 4) is 17.6 Å². The standard InChI is InChI=1S/C15H15FN2O2/c1-18-8-7-17-15(18)6-10-20-14-11-12(3-2-9-19)4-5-13(14)16/h4-5,7-8,11,19H,6,9-10H2,1H3. The van der Waals surface area contributed by atoms with E-state index in [1.165, 1.54) is 12.1 Å². The van der Waals surface area contributed by atoms with Crippen LogP contribution in [-0.2, 0) is 13.5 Å². The number of rotatable bonds is 4. The molecule has 1 N–H and O–H groups in total. The Morgan fingerprint density at radius 1 is 1.45 bits per heavy atom. The second-order valence-electron chi connectivity index (χ2n) is 4.16. The quantitative estimate of drug-likeness (QED) is 0.860. The number of ether oxygens (including phenoxy) is 1. The number of nitrogens with zero attached hydrogens (tertiary/aromatic N) is 2. The third kappa shape index (κ3) is 3.59. The van der Waals surface area contributed by atoms with E-state index in [9.17, 15) is 4.39 Å². The van der Waals surface area contributed by atoms with Crippen LogP contribution in [0.2, 0.25) is 0 Å². The molecule has 5 heteroatoms. The van der Waals surface area contributed by atoms with Crippen molar-refractivity contribution in [1.82, 2.24) is 9.55 Å². The van der Waals surface area contributed by atoms with Crippen molar-refractivity contribution < 1.29 is 14.2 Å². The number of benzene rings is 1. The fraction of sp³-hybridized carbons (Fsp3) is 0.267. The normalized spacial score (nSPS) is 9.95. The van der Waals surface area contributed by atoms with Gasteiger partial charge in [0.2, 0.25) is 0 Å². The maximum atomic E-state index is 13.6. The highest BCUT2D eigenvalue weighted by atomic mass is 19.1. The molecule has 104 valence electrons. The third-order valence-corrected chi connectivity index (χ3v) is 2.75. The second kappa shape index (κ2) is 6.73. The van der Waals surface area contributed by atoms with E-state index in [0.717, 1.165) is 5.82 Å². The van der Waals surface area contributed by atoms with Gasteiger partial charge in [0.05, 0.1) is 6.61 Å². The first-order chi connectivity index (χ1) is 9.70. The molecular formula is C15H15FN2O2. The number of aromatic nitrogens is 2. The highest BCUT2D eigenvalue weighted by Gasteiger charge is 2.05. The molecular weight excluding hydrogens is 259 g/mol. The average molecular weight is 274 g/mol. The van der Waals surface area contributed by atoms with Gasteiger partial charge in [0, 0.05) is 31.4 Å². The van der Waals surface area contributed by atoms with Crippen LogP contribution >= 0.6 is 0 Å². The minimum Gasteiger partial charge on any atom is -0.490 e. The number of aliphatic hydroxyl groups is 1. The minimum atomic E-state index is -0.431. The predicted octanol–water partition coefficient (Wildman–Crippen LogP) is 1.52. The van der Waals surface area contributed by atoms with E-state index in [4.69, 9.17) is 9.84 Å². The molecule has 4 nitrogen and oxygen atoms in total. The summed E-state index contributed by atoms with van der Waals surface area (Å²) in [5.41, 5.74) is 0.604. The van der Waals surface area contributed by atoms with Crippen molar-refractivity contribution in [2.24, 2.45) is 7.05 Å². The van der Waals surface area contributed by atoms with Gasteiger partial charge in [-0.15, -0.1) is 0 Å². The molecule has 0 radical (unpaired) electrons. The Balaban J connectivity index is 2.00. The molecule has 1 aromatic heterocycles. The molecule has 0 aliphatic heterocycles. The topological polar surface area (TPSA) is 47.3 Å². The summed E-state index contributed by atoms with van der Waals surface area (Å²) in [5, 5.41) is 8.64. The number of halogens is 1.